The van der Waals surface area contributed by atoms with Crippen LogP contribution in [0.3, 0.4) is 0 Å². The molecule has 0 bridgehead atoms. The van der Waals surface area contributed by atoms with Crippen LogP contribution in [0, 0.1) is 53.3 Å². The van der Waals surface area contributed by atoms with Gasteiger partial charge in [-0.25, -0.2) is 0 Å². The smallest absolute Gasteiger partial charge is 0.306 e. The van der Waals surface area contributed by atoms with Gasteiger partial charge < -0.3 is 77.5 Å². The number of nitrogens with one attached hydrogen (secondary N) is 3. The quantitative estimate of drug-likeness (QED) is 0.0310. The highest BCUT2D eigenvalue weighted by atomic mass is 16.7. The lowest BCUT2D eigenvalue weighted by Gasteiger charge is -2.43. The first kappa shape index (κ1) is 104. The van der Waals surface area contributed by atoms with Gasteiger partial charge in [0.25, 0.3) is 0 Å². The zero-order valence-corrected chi connectivity index (χ0v) is 73.9. The van der Waals surface area contributed by atoms with Crippen LogP contribution in [0.2, 0.25) is 0 Å². The fourth-order valence-corrected chi connectivity index (χ4v) is 14.9. The van der Waals surface area contributed by atoms with E-state index in [1.807, 2.05) is 30.3 Å². The molecule has 3 aliphatic heterocycles. The topological polar surface area (TPSA) is 344 Å². The number of benzene rings is 1. The van der Waals surface area contributed by atoms with Crippen LogP contribution < -0.4 is 16.0 Å². The van der Waals surface area contributed by atoms with Gasteiger partial charge in [0.05, 0.1) is 58.0 Å². The minimum absolute atomic E-state index is 0.0125. The first-order chi connectivity index (χ1) is 56.6. The minimum Gasteiger partial charge on any atom is -0.463 e. The number of carbonyl (C=O) groups is 11. The van der Waals surface area contributed by atoms with Crippen molar-refractivity contribution in [2.75, 3.05) is 92.4 Å². The summed E-state index contributed by atoms with van der Waals surface area (Å²) in [7, 11) is 0. The molecule has 3 fully saturated rings. The van der Waals surface area contributed by atoms with Gasteiger partial charge in [0.15, 0.2) is 18.9 Å². The summed E-state index contributed by atoms with van der Waals surface area (Å²) < 4.78 is 76.8. The molecule has 3 N–H and O–H groups in total. The van der Waals surface area contributed by atoms with E-state index >= 15 is 0 Å². The van der Waals surface area contributed by atoms with Crippen LogP contribution in [0.25, 0.3) is 0 Å². The molecule has 0 radical (unpaired) electrons. The number of ketones is 4. The molecule has 0 spiro atoms. The van der Waals surface area contributed by atoms with E-state index in [1.165, 1.54) is 20.8 Å². The Balaban J connectivity index is 1.27. The molecule has 6 unspecified atom stereocenters. The van der Waals surface area contributed by atoms with Gasteiger partial charge in [-0.05, 0) is 125 Å². The molecule has 674 valence electrons. The van der Waals surface area contributed by atoms with Gasteiger partial charge in [0, 0.05) is 148 Å². The Labute approximate surface area is 704 Å². The molecule has 3 amide bonds. The number of carbonyl (C=O) groups excluding carboxylic acids is 11. The predicted molar refractivity (Wildman–Crippen MR) is 445 cm³/mol. The summed E-state index contributed by atoms with van der Waals surface area (Å²) in [5, 5.41) is 8.96. The van der Waals surface area contributed by atoms with E-state index in [9.17, 15) is 52.7 Å². The standard InChI is InChI=1S/C91H151N3O24/c1-64-67(4)81(58-112-73(10)95)116-88(70(64)7)109-51-31-28-41-77(98)37-22-18-24-39-79(100)46-54-106-61-91(94-86(104)44-26-15-13-14-16-27-45-87(105)115-57-76-35-20-17-21-36-76,62-107-55-47-80(101)40-25-19-23-38-78(99)42-29-32-52-110-89-71(8)65(2)68(5)82(117-89)59-113-74(11)96)63-108-56-48-85(103)93-50-34-49-92-84(102)43-30-33-53-111-90-72(9)66(3)69(6)83(118-90)60-114-75(12)97/h17,20-21,35-36,64-72,81-83,88-90H,13-16,18-19,22-34,37-63H2,1-12H3,(H,92,102)(H,93,103)(H,94,104)/t64-,65-,66-,67+,68+,69+,70?,71?,72?,81?,82?,83?,88+,89+,90+,91?/m0/s1. The Bertz CT molecular complexity index is 2800. The third kappa shape index (κ3) is 45.1. The Kier molecular flexibility index (Phi) is 54.0. The maximum atomic E-state index is 14.1. The van der Waals surface area contributed by atoms with Crippen LogP contribution in [0.4, 0.5) is 0 Å². The normalized spacial score (nSPS) is 23.6. The molecule has 27 heteroatoms. The monoisotopic (exact) mass is 1670 g/mol. The Morgan fingerprint density at radius 2 is 0.636 bits per heavy atom. The van der Waals surface area contributed by atoms with Crippen molar-refractivity contribution in [3.05, 3.63) is 35.9 Å². The molecule has 118 heavy (non-hydrogen) atoms. The van der Waals surface area contributed by atoms with Crippen LogP contribution in [0.1, 0.15) is 288 Å². The van der Waals surface area contributed by atoms with Gasteiger partial charge in [0.1, 0.15) is 55.1 Å². The van der Waals surface area contributed by atoms with Crippen molar-refractivity contribution in [3.8, 4) is 0 Å². The summed E-state index contributed by atoms with van der Waals surface area (Å²) in [5.74, 6) is 0.265. The van der Waals surface area contributed by atoms with E-state index in [0.29, 0.717) is 198 Å². The Morgan fingerprint density at radius 1 is 0.322 bits per heavy atom. The van der Waals surface area contributed by atoms with Crippen LogP contribution in [0.15, 0.2) is 30.3 Å². The van der Waals surface area contributed by atoms with Gasteiger partial charge in [0.2, 0.25) is 17.7 Å². The second kappa shape index (κ2) is 61.2. The van der Waals surface area contributed by atoms with E-state index in [4.69, 9.17) is 61.6 Å². The van der Waals surface area contributed by atoms with Crippen molar-refractivity contribution in [1.29, 1.82) is 0 Å². The van der Waals surface area contributed by atoms with Crippen LogP contribution in [-0.2, 0) is 121 Å². The molecule has 0 aliphatic carbocycles. The second-order valence-electron chi connectivity index (χ2n) is 33.6. The number of hydrogen-bond donors (Lipinski definition) is 3. The van der Waals surface area contributed by atoms with E-state index in [-0.39, 0.29) is 210 Å². The van der Waals surface area contributed by atoms with Crippen molar-refractivity contribution < 1.29 is 114 Å². The maximum Gasteiger partial charge on any atom is 0.306 e. The zero-order chi connectivity index (χ0) is 86.5. The number of unbranched alkanes of at least 4 members (excludes halogenated alkanes) is 12. The first-order valence-electron chi connectivity index (χ1n) is 44.6. The summed E-state index contributed by atoms with van der Waals surface area (Å²) in [5.41, 5.74) is -0.371. The van der Waals surface area contributed by atoms with E-state index < -0.39 is 24.4 Å². The van der Waals surface area contributed by atoms with Gasteiger partial charge in [-0.2, -0.15) is 0 Å². The van der Waals surface area contributed by atoms with E-state index in [2.05, 4.69) is 78.3 Å². The second-order valence-corrected chi connectivity index (χ2v) is 33.6. The lowest BCUT2D eigenvalue weighted by molar-refractivity contribution is -0.255. The highest BCUT2D eigenvalue weighted by Crippen LogP contribution is 2.39. The van der Waals surface area contributed by atoms with Gasteiger partial charge in [-0.3, -0.25) is 52.7 Å². The Morgan fingerprint density at radius 3 is 1.03 bits per heavy atom. The van der Waals surface area contributed by atoms with Crippen molar-refractivity contribution in [3.63, 3.8) is 0 Å². The lowest BCUT2D eigenvalue weighted by Crippen LogP contribution is -2.58. The van der Waals surface area contributed by atoms with Gasteiger partial charge in [-0.1, -0.05) is 131 Å². The molecule has 0 aromatic heterocycles. The van der Waals surface area contributed by atoms with Gasteiger partial charge in [-0.15, -0.1) is 0 Å². The molecule has 1 aromatic rings. The third-order valence-electron chi connectivity index (χ3n) is 23.8. The predicted octanol–water partition coefficient (Wildman–Crippen LogP) is 13.9. The molecule has 0 saturated carbocycles. The maximum absolute atomic E-state index is 14.1. The van der Waals surface area contributed by atoms with Crippen molar-refractivity contribution in [1.82, 2.24) is 16.0 Å². The third-order valence-corrected chi connectivity index (χ3v) is 23.8. The van der Waals surface area contributed by atoms with Gasteiger partial charge >= 0.3 is 23.9 Å². The zero-order valence-electron chi connectivity index (χ0n) is 73.9. The Hall–Kier alpha value is -6.17. The number of hydrogen-bond acceptors (Lipinski definition) is 24. The van der Waals surface area contributed by atoms with Crippen molar-refractivity contribution in [2.24, 2.45) is 53.3 Å². The number of amides is 3. The molecule has 4 rings (SSSR count). The average Bonchev–Trinajstić information content (AvgIpc) is 0.831. The minimum atomic E-state index is -1.30. The molecule has 1 aromatic carbocycles. The van der Waals surface area contributed by atoms with Crippen molar-refractivity contribution in [2.45, 2.75) is 331 Å². The summed E-state index contributed by atoms with van der Waals surface area (Å²) in [6.07, 6.45) is 14.4. The average molecular weight is 1670 g/mol. The summed E-state index contributed by atoms with van der Waals surface area (Å²) in [6, 6.07) is 9.54. The SMILES string of the molecule is CC(=O)OCC1O[C@@H](OCCCCC(=O)CCCCCC(=O)CCOCC(COCCC(=O)CCCCCC(=O)CCCCO[C@@H]2OC(COC(C)=O)[C@H](C)[C@H](C)C2C)(COCCC(=O)NCCCNC(=O)CCCCO[C@@H]2OC(COC(C)=O)[C@H](C)[C@H](C)C2C)NC(=O)CCCCCCCCC(=O)OCc2ccccc2)C(C)[C@@H](C)[C@H]1C. The summed E-state index contributed by atoms with van der Waals surface area (Å²) in [4.78, 5) is 139. The van der Waals surface area contributed by atoms with E-state index in [1.54, 1.807) is 0 Å². The highest BCUT2D eigenvalue weighted by molar-refractivity contribution is 5.80. The van der Waals surface area contributed by atoms with E-state index in [0.717, 1.165) is 31.2 Å². The molecule has 3 saturated heterocycles. The van der Waals surface area contributed by atoms with Crippen molar-refractivity contribution >= 4 is 64.7 Å². The molecular weight excluding hydrogens is 1520 g/mol. The number of rotatable bonds is 67. The fourth-order valence-electron chi connectivity index (χ4n) is 14.9. The number of Topliss-reactive ketones (excluding diaryl/α,β-unsaturated/α-hetero) is 4. The molecule has 15 atom stereocenters. The molecule has 3 aliphatic rings. The fraction of sp³-hybridized carbons (Fsp3) is 0.813. The number of esters is 4. The number of ether oxygens (including phenoxy) is 13. The lowest BCUT2D eigenvalue weighted by atomic mass is 9.79. The molecule has 27 nitrogen and oxygen atoms in total. The molecule has 3 heterocycles. The van der Waals surface area contributed by atoms with Crippen LogP contribution in [0.5, 0.6) is 0 Å². The summed E-state index contributed by atoms with van der Waals surface area (Å²) in [6.45, 7) is 25.6. The summed E-state index contributed by atoms with van der Waals surface area (Å²) >= 11 is 0. The highest BCUT2D eigenvalue weighted by Gasteiger charge is 2.43. The molecular formula is C91H151N3O24. The first-order valence-corrected chi connectivity index (χ1v) is 44.6. The largest absolute Gasteiger partial charge is 0.463 e. The van der Waals surface area contributed by atoms with Crippen LogP contribution in [-0.4, -0.2) is 200 Å². The van der Waals surface area contributed by atoms with Crippen LogP contribution >= 0.6 is 0 Å².